The lowest BCUT2D eigenvalue weighted by atomic mass is 9.98. The fraction of sp³-hybridized carbons (Fsp3) is 0.190. The van der Waals surface area contributed by atoms with Gasteiger partial charge in [0.15, 0.2) is 5.82 Å². The quantitative estimate of drug-likeness (QED) is 0.556. The van der Waals surface area contributed by atoms with Crippen LogP contribution >= 0.6 is 11.3 Å². The van der Waals surface area contributed by atoms with E-state index in [0.29, 0.717) is 12.2 Å². The summed E-state index contributed by atoms with van der Waals surface area (Å²) in [7, 11) is 0. The molecular formula is C21H21N5S. The molecule has 0 aliphatic carbocycles. The number of fused-ring (bicyclic) bond motifs is 1. The molecule has 4 aromatic rings. The Bertz CT molecular complexity index is 1050. The fourth-order valence-electron chi connectivity index (χ4n) is 3.13. The number of hydrogen-bond acceptors (Lipinski definition) is 6. The topological polar surface area (TPSA) is 90.7 Å². The van der Waals surface area contributed by atoms with Crippen molar-refractivity contribution in [3.63, 3.8) is 0 Å². The van der Waals surface area contributed by atoms with Crippen molar-refractivity contribution in [2.75, 3.05) is 0 Å². The summed E-state index contributed by atoms with van der Waals surface area (Å²) in [6.45, 7) is 2.06. The third-order valence-electron chi connectivity index (χ3n) is 4.65. The summed E-state index contributed by atoms with van der Waals surface area (Å²) < 4.78 is 1.02. The molecule has 0 radical (unpaired) electrons. The fourth-order valence-corrected chi connectivity index (χ4v) is 4.15. The highest BCUT2D eigenvalue weighted by molar-refractivity contribution is 7.17. The predicted octanol–water partition coefficient (Wildman–Crippen LogP) is 3.63. The van der Waals surface area contributed by atoms with E-state index in [1.165, 1.54) is 5.56 Å². The van der Waals surface area contributed by atoms with Crippen LogP contribution in [0.5, 0.6) is 0 Å². The molecular weight excluding hydrogens is 354 g/mol. The zero-order valence-corrected chi connectivity index (χ0v) is 15.9. The Balaban J connectivity index is 1.75. The molecule has 0 saturated carbocycles. The molecule has 3 aromatic heterocycles. The van der Waals surface area contributed by atoms with Crippen molar-refractivity contribution < 1.29 is 0 Å². The van der Waals surface area contributed by atoms with Gasteiger partial charge in [-0.25, -0.2) is 9.97 Å². The SMILES string of the molecule is Cc1csc2c(C(N)C(N)Cc3ccccc3)nc(-c3ccncc3)nc12. The molecule has 1 aromatic carbocycles. The highest BCUT2D eigenvalue weighted by Gasteiger charge is 2.23. The molecule has 0 amide bonds. The van der Waals surface area contributed by atoms with Gasteiger partial charge in [0.25, 0.3) is 0 Å². The Hall–Kier alpha value is -2.67. The molecule has 0 aliphatic rings. The maximum absolute atomic E-state index is 6.59. The van der Waals surface area contributed by atoms with Gasteiger partial charge in [0.05, 0.1) is 22.0 Å². The molecule has 2 unspecified atom stereocenters. The van der Waals surface area contributed by atoms with E-state index >= 15 is 0 Å². The highest BCUT2D eigenvalue weighted by Crippen LogP contribution is 2.32. The minimum absolute atomic E-state index is 0.238. The second-order valence-corrected chi connectivity index (χ2v) is 7.52. The van der Waals surface area contributed by atoms with Crippen molar-refractivity contribution in [1.29, 1.82) is 0 Å². The molecule has 2 atom stereocenters. The molecule has 27 heavy (non-hydrogen) atoms. The summed E-state index contributed by atoms with van der Waals surface area (Å²) in [6, 6.07) is 13.4. The summed E-state index contributed by atoms with van der Waals surface area (Å²) in [4.78, 5) is 13.7. The van der Waals surface area contributed by atoms with Crippen molar-refractivity contribution in [3.8, 4) is 11.4 Å². The number of rotatable bonds is 5. The number of nitrogens with two attached hydrogens (primary N) is 2. The molecule has 0 saturated heterocycles. The average molecular weight is 376 g/mol. The second-order valence-electron chi connectivity index (χ2n) is 6.64. The molecule has 0 bridgehead atoms. The van der Waals surface area contributed by atoms with Crippen LogP contribution in [0.4, 0.5) is 0 Å². The van der Waals surface area contributed by atoms with Crippen LogP contribution in [-0.4, -0.2) is 21.0 Å². The maximum Gasteiger partial charge on any atom is 0.160 e. The van der Waals surface area contributed by atoms with E-state index in [-0.39, 0.29) is 12.1 Å². The largest absolute Gasteiger partial charge is 0.326 e. The van der Waals surface area contributed by atoms with E-state index in [0.717, 1.165) is 27.0 Å². The molecule has 4 N–H and O–H groups in total. The number of aromatic nitrogens is 3. The van der Waals surface area contributed by atoms with Gasteiger partial charge in [-0.15, -0.1) is 11.3 Å². The third kappa shape index (κ3) is 3.60. The molecule has 136 valence electrons. The molecule has 6 heteroatoms. The lowest BCUT2D eigenvalue weighted by Gasteiger charge is -2.20. The van der Waals surface area contributed by atoms with Crippen LogP contribution in [0.25, 0.3) is 21.6 Å². The predicted molar refractivity (Wildman–Crippen MR) is 110 cm³/mol. The van der Waals surface area contributed by atoms with Gasteiger partial charge in [-0.2, -0.15) is 0 Å². The van der Waals surface area contributed by atoms with Crippen molar-refractivity contribution >= 4 is 21.6 Å². The first-order chi connectivity index (χ1) is 13.1. The van der Waals surface area contributed by atoms with Gasteiger partial charge in [-0.3, -0.25) is 4.98 Å². The van der Waals surface area contributed by atoms with E-state index in [4.69, 9.17) is 21.4 Å². The summed E-state index contributed by atoms with van der Waals surface area (Å²) in [5.74, 6) is 0.656. The van der Waals surface area contributed by atoms with Crippen molar-refractivity contribution in [2.24, 2.45) is 11.5 Å². The van der Waals surface area contributed by atoms with Crippen molar-refractivity contribution in [1.82, 2.24) is 15.0 Å². The summed E-state index contributed by atoms with van der Waals surface area (Å²) in [6.07, 6.45) is 4.18. The Labute approximate surface area is 162 Å². The maximum atomic E-state index is 6.59. The number of nitrogens with zero attached hydrogens (tertiary/aromatic N) is 3. The number of aryl methyl sites for hydroxylation is 1. The van der Waals surface area contributed by atoms with Gasteiger partial charge >= 0.3 is 0 Å². The van der Waals surface area contributed by atoms with Gasteiger partial charge in [0.1, 0.15) is 0 Å². The Kier molecular flexibility index (Phi) is 4.94. The van der Waals surface area contributed by atoms with Crippen LogP contribution in [0, 0.1) is 6.92 Å². The molecule has 0 fully saturated rings. The Morgan fingerprint density at radius 3 is 2.48 bits per heavy atom. The van der Waals surface area contributed by atoms with E-state index in [1.54, 1.807) is 23.7 Å². The van der Waals surface area contributed by atoms with E-state index in [9.17, 15) is 0 Å². The second kappa shape index (κ2) is 7.52. The molecule has 0 spiro atoms. The van der Waals surface area contributed by atoms with E-state index < -0.39 is 0 Å². The molecule has 3 heterocycles. The third-order valence-corrected chi connectivity index (χ3v) is 5.76. The first-order valence-corrected chi connectivity index (χ1v) is 9.72. The lowest BCUT2D eigenvalue weighted by molar-refractivity contribution is 0.537. The lowest BCUT2D eigenvalue weighted by Crippen LogP contribution is -2.36. The van der Waals surface area contributed by atoms with Crippen LogP contribution in [0.2, 0.25) is 0 Å². The summed E-state index contributed by atoms with van der Waals surface area (Å²) in [5.41, 5.74) is 18.0. The minimum atomic E-state index is -0.380. The van der Waals surface area contributed by atoms with Crippen LogP contribution in [0.1, 0.15) is 22.9 Å². The summed E-state index contributed by atoms with van der Waals surface area (Å²) in [5, 5.41) is 2.09. The number of hydrogen-bond donors (Lipinski definition) is 2. The molecule has 4 rings (SSSR count). The van der Waals surface area contributed by atoms with Crippen molar-refractivity contribution in [3.05, 3.63) is 77.1 Å². The van der Waals surface area contributed by atoms with Crippen LogP contribution in [-0.2, 0) is 6.42 Å². The number of thiophene rings is 1. The number of benzene rings is 1. The average Bonchev–Trinajstić information content (AvgIpc) is 3.09. The van der Waals surface area contributed by atoms with E-state index in [1.807, 2.05) is 30.3 Å². The number of pyridine rings is 1. The first-order valence-electron chi connectivity index (χ1n) is 8.84. The standard InChI is InChI=1S/C21H21N5S/c1-13-12-27-20-18(13)25-21(15-7-9-24-10-8-15)26-19(20)17(23)16(22)11-14-5-3-2-4-6-14/h2-10,12,16-17H,11,22-23H2,1H3. The van der Waals surface area contributed by atoms with Crippen molar-refractivity contribution in [2.45, 2.75) is 25.4 Å². The van der Waals surface area contributed by atoms with Crippen LogP contribution < -0.4 is 11.5 Å². The van der Waals surface area contributed by atoms with Gasteiger partial charge in [-0.05, 0) is 42.0 Å². The van der Waals surface area contributed by atoms with Crippen LogP contribution in [0.3, 0.4) is 0 Å². The zero-order valence-electron chi connectivity index (χ0n) is 15.0. The molecule has 0 aliphatic heterocycles. The van der Waals surface area contributed by atoms with Gasteiger partial charge in [-0.1, -0.05) is 30.3 Å². The normalized spacial score (nSPS) is 13.6. The minimum Gasteiger partial charge on any atom is -0.326 e. The Morgan fingerprint density at radius 1 is 1.00 bits per heavy atom. The Morgan fingerprint density at radius 2 is 1.74 bits per heavy atom. The summed E-state index contributed by atoms with van der Waals surface area (Å²) >= 11 is 1.62. The van der Waals surface area contributed by atoms with Crippen LogP contribution in [0.15, 0.2) is 60.2 Å². The smallest absolute Gasteiger partial charge is 0.160 e. The highest BCUT2D eigenvalue weighted by atomic mass is 32.1. The zero-order chi connectivity index (χ0) is 18.8. The van der Waals surface area contributed by atoms with Gasteiger partial charge < -0.3 is 11.5 Å². The van der Waals surface area contributed by atoms with E-state index in [2.05, 4.69) is 29.4 Å². The van der Waals surface area contributed by atoms with Gasteiger partial charge in [0, 0.05) is 24.0 Å². The monoisotopic (exact) mass is 375 g/mol. The first kappa shape index (κ1) is 17.7. The van der Waals surface area contributed by atoms with Gasteiger partial charge in [0.2, 0.25) is 0 Å². The molecule has 5 nitrogen and oxygen atoms in total.